The molecule has 3 nitrogen and oxygen atoms in total. The van der Waals surface area contributed by atoms with Crippen LogP contribution in [0.5, 0.6) is 0 Å². The van der Waals surface area contributed by atoms with E-state index in [2.05, 4.69) is 19.1 Å². The Hall–Kier alpha value is -1.56. The van der Waals surface area contributed by atoms with E-state index in [9.17, 15) is 18.0 Å². The number of aryl methyl sites for hydroxylation is 1. The summed E-state index contributed by atoms with van der Waals surface area (Å²) >= 11 is 0. The molecule has 0 atom stereocenters. The number of nitrogens with zero attached hydrogens (tertiary/aromatic N) is 2. The van der Waals surface area contributed by atoms with E-state index in [0.717, 1.165) is 29.7 Å². The van der Waals surface area contributed by atoms with Gasteiger partial charge in [0, 0.05) is 19.6 Å². The predicted octanol–water partition coefficient (Wildman–Crippen LogP) is 3.23. The van der Waals surface area contributed by atoms with Crippen LogP contribution >= 0.6 is 0 Å². The number of carbonyl (C=O) groups is 1. The molecule has 0 saturated heterocycles. The molecule has 1 saturated carbocycles. The molecule has 128 valence electrons. The third kappa shape index (κ3) is 5.86. The van der Waals surface area contributed by atoms with Gasteiger partial charge in [0.25, 0.3) is 0 Å². The second kappa shape index (κ2) is 7.34. The van der Waals surface area contributed by atoms with Crippen LogP contribution in [-0.2, 0) is 17.8 Å². The lowest BCUT2D eigenvalue weighted by molar-refractivity contribution is -0.159. The van der Waals surface area contributed by atoms with Gasteiger partial charge in [0.2, 0.25) is 5.91 Å². The summed E-state index contributed by atoms with van der Waals surface area (Å²) in [4.78, 5) is 14.8. The Labute approximate surface area is 135 Å². The molecule has 0 heterocycles. The second-order valence-corrected chi connectivity index (χ2v) is 6.17. The number of rotatable bonds is 7. The molecule has 0 unspecified atom stereocenters. The fourth-order valence-corrected chi connectivity index (χ4v) is 2.52. The third-order valence-corrected chi connectivity index (χ3v) is 4.06. The summed E-state index contributed by atoms with van der Waals surface area (Å²) in [5, 5.41) is 0. The number of hydrogen-bond donors (Lipinski definition) is 0. The Kier molecular flexibility index (Phi) is 5.68. The van der Waals surface area contributed by atoms with Gasteiger partial charge in [-0.05, 0) is 30.4 Å². The first-order chi connectivity index (χ1) is 10.8. The zero-order valence-electron chi connectivity index (χ0n) is 13.6. The van der Waals surface area contributed by atoms with Crippen molar-refractivity contribution in [2.75, 3.05) is 20.1 Å². The molecule has 1 fully saturated rings. The zero-order chi connectivity index (χ0) is 17.0. The van der Waals surface area contributed by atoms with Gasteiger partial charge in [0.15, 0.2) is 0 Å². The molecule has 1 amide bonds. The summed E-state index contributed by atoms with van der Waals surface area (Å²) in [5.41, 5.74) is 2.33. The minimum atomic E-state index is -4.36. The van der Waals surface area contributed by atoms with Gasteiger partial charge < -0.3 is 4.90 Å². The van der Waals surface area contributed by atoms with Crippen molar-refractivity contribution in [1.29, 1.82) is 0 Å². The normalized spacial score (nSPS) is 15.0. The molecule has 0 N–H and O–H groups in total. The first-order valence-electron chi connectivity index (χ1n) is 7.91. The molecule has 1 aromatic carbocycles. The average molecular weight is 328 g/mol. The summed E-state index contributed by atoms with van der Waals surface area (Å²) < 4.78 is 37.2. The number of carbonyl (C=O) groups excluding carboxylic acids is 1. The van der Waals surface area contributed by atoms with Gasteiger partial charge in [0.1, 0.15) is 6.54 Å². The molecule has 0 radical (unpaired) electrons. The van der Waals surface area contributed by atoms with E-state index in [1.54, 1.807) is 0 Å². The van der Waals surface area contributed by atoms with Crippen LogP contribution in [0.4, 0.5) is 13.2 Å². The van der Waals surface area contributed by atoms with Crippen LogP contribution in [0, 0.1) is 0 Å². The maximum absolute atomic E-state index is 12.4. The van der Waals surface area contributed by atoms with Crippen LogP contribution in [0.25, 0.3) is 0 Å². The molecule has 1 aliphatic rings. The Balaban J connectivity index is 1.94. The fraction of sp³-hybridized carbons (Fsp3) is 0.588. The van der Waals surface area contributed by atoms with Crippen molar-refractivity contribution in [3.05, 3.63) is 35.4 Å². The van der Waals surface area contributed by atoms with Crippen molar-refractivity contribution in [3.63, 3.8) is 0 Å². The first-order valence-corrected chi connectivity index (χ1v) is 7.91. The van der Waals surface area contributed by atoms with Crippen LogP contribution in [0.1, 0.15) is 30.9 Å². The van der Waals surface area contributed by atoms with Crippen molar-refractivity contribution in [3.8, 4) is 0 Å². The number of likely N-dealkylation sites (N-methyl/N-ethyl adjacent to an activating group) is 1. The molecule has 23 heavy (non-hydrogen) atoms. The molecule has 6 heteroatoms. The summed E-state index contributed by atoms with van der Waals surface area (Å²) in [6, 6.07) is 8.47. The van der Waals surface area contributed by atoms with E-state index < -0.39 is 18.6 Å². The minimum Gasteiger partial charge on any atom is -0.336 e. The molecule has 0 aromatic heterocycles. The molecule has 0 spiro atoms. The van der Waals surface area contributed by atoms with Gasteiger partial charge in [-0.2, -0.15) is 13.2 Å². The van der Waals surface area contributed by atoms with Gasteiger partial charge in [-0.3, -0.25) is 9.69 Å². The van der Waals surface area contributed by atoms with Gasteiger partial charge in [-0.1, -0.05) is 31.2 Å². The van der Waals surface area contributed by atoms with Crippen molar-refractivity contribution < 1.29 is 18.0 Å². The van der Waals surface area contributed by atoms with Gasteiger partial charge >= 0.3 is 6.18 Å². The highest BCUT2D eigenvalue weighted by Crippen LogP contribution is 2.28. The Bertz CT molecular complexity index is 524. The second-order valence-electron chi connectivity index (χ2n) is 6.17. The minimum absolute atomic E-state index is 0.0345. The largest absolute Gasteiger partial charge is 0.406 e. The van der Waals surface area contributed by atoms with E-state index in [4.69, 9.17) is 0 Å². The predicted molar refractivity (Wildman–Crippen MR) is 82.9 cm³/mol. The molecule has 1 aromatic rings. The maximum Gasteiger partial charge on any atom is 0.406 e. The summed E-state index contributed by atoms with van der Waals surface area (Å²) in [6.45, 7) is 1.52. The van der Waals surface area contributed by atoms with Gasteiger partial charge in [0.05, 0.1) is 6.54 Å². The van der Waals surface area contributed by atoms with Crippen LogP contribution in [-0.4, -0.2) is 48.1 Å². The van der Waals surface area contributed by atoms with Gasteiger partial charge in [-0.15, -0.1) is 0 Å². The van der Waals surface area contributed by atoms with E-state index in [1.165, 1.54) is 12.6 Å². The maximum atomic E-state index is 12.4. The summed E-state index contributed by atoms with van der Waals surface area (Å²) in [7, 11) is 1.21. The summed E-state index contributed by atoms with van der Waals surface area (Å²) in [6.07, 6.45) is -1.38. The van der Waals surface area contributed by atoms with Gasteiger partial charge in [-0.25, -0.2) is 0 Å². The highest BCUT2D eigenvalue weighted by molar-refractivity contribution is 5.78. The number of benzene rings is 1. The van der Waals surface area contributed by atoms with E-state index in [1.807, 2.05) is 17.0 Å². The smallest absolute Gasteiger partial charge is 0.336 e. The molecule has 2 rings (SSSR count). The van der Waals surface area contributed by atoms with Crippen LogP contribution in [0.2, 0.25) is 0 Å². The third-order valence-electron chi connectivity index (χ3n) is 4.06. The Morgan fingerprint density at radius 3 is 2.22 bits per heavy atom. The van der Waals surface area contributed by atoms with Crippen molar-refractivity contribution in [2.45, 2.75) is 44.9 Å². The summed E-state index contributed by atoms with van der Waals surface area (Å²) in [5.74, 6) is -0.487. The lowest BCUT2D eigenvalue weighted by Crippen LogP contribution is -2.42. The molecule has 1 aliphatic carbocycles. The Morgan fingerprint density at radius 1 is 1.17 bits per heavy atom. The van der Waals surface area contributed by atoms with E-state index >= 15 is 0 Å². The van der Waals surface area contributed by atoms with E-state index in [0.29, 0.717) is 12.6 Å². The van der Waals surface area contributed by atoms with Crippen molar-refractivity contribution in [2.24, 2.45) is 0 Å². The molecular formula is C17H23F3N2O. The fourth-order valence-electron chi connectivity index (χ4n) is 2.52. The number of amides is 1. The van der Waals surface area contributed by atoms with E-state index in [-0.39, 0.29) is 6.54 Å². The first kappa shape index (κ1) is 17.8. The number of halogens is 3. The zero-order valence-corrected chi connectivity index (χ0v) is 13.6. The highest BCUT2D eigenvalue weighted by Gasteiger charge is 2.34. The van der Waals surface area contributed by atoms with Crippen molar-refractivity contribution >= 4 is 5.91 Å². The van der Waals surface area contributed by atoms with Crippen LogP contribution < -0.4 is 0 Å². The topological polar surface area (TPSA) is 23.6 Å². The lowest BCUT2D eigenvalue weighted by Gasteiger charge is -2.25. The number of alkyl halides is 3. The Morgan fingerprint density at radius 2 is 1.74 bits per heavy atom. The van der Waals surface area contributed by atoms with Crippen LogP contribution in [0.3, 0.4) is 0 Å². The number of hydrogen-bond acceptors (Lipinski definition) is 2. The lowest BCUT2D eigenvalue weighted by atomic mass is 10.1. The standard InChI is InChI=1S/C17H23F3N2O/c1-3-13-4-6-14(7-5-13)10-22(15-8-9-15)11-16(23)21(2)12-17(18,19)20/h4-7,15H,3,8-12H2,1-2H3. The monoisotopic (exact) mass is 328 g/mol. The molecule has 0 aliphatic heterocycles. The van der Waals surface area contributed by atoms with Crippen LogP contribution in [0.15, 0.2) is 24.3 Å². The van der Waals surface area contributed by atoms with Crippen molar-refractivity contribution in [1.82, 2.24) is 9.80 Å². The molecular weight excluding hydrogens is 305 g/mol. The average Bonchev–Trinajstić information content (AvgIpc) is 3.30. The molecule has 0 bridgehead atoms. The highest BCUT2D eigenvalue weighted by atomic mass is 19.4. The quantitative estimate of drug-likeness (QED) is 0.767. The SMILES string of the molecule is CCc1ccc(CN(CC(=O)N(C)CC(F)(F)F)C2CC2)cc1.